The molecule has 0 spiro atoms. The number of aliphatic hydroxyl groups excluding tert-OH is 1. The summed E-state index contributed by atoms with van der Waals surface area (Å²) in [4.78, 5) is 5.24. The van der Waals surface area contributed by atoms with Gasteiger partial charge in [-0.1, -0.05) is 11.6 Å². The van der Waals surface area contributed by atoms with Crippen molar-refractivity contribution in [2.75, 3.05) is 32.1 Å². The molecule has 0 saturated heterocycles. The molecule has 0 aliphatic heterocycles. The molecule has 8 heteroatoms. The van der Waals surface area contributed by atoms with Crippen LogP contribution in [-0.4, -0.2) is 37.9 Å². The minimum absolute atomic E-state index is 0.223. The van der Waals surface area contributed by atoms with Gasteiger partial charge in [0.25, 0.3) is 0 Å². The normalized spacial score (nSPS) is 12.6. The number of ether oxygens (including phenoxy) is 2. The zero-order valence-corrected chi connectivity index (χ0v) is 16.7. The average molecular weight is 398 g/mol. The molecule has 26 heavy (non-hydrogen) atoms. The van der Waals surface area contributed by atoms with Crippen LogP contribution in [0.5, 0.6) is 11.5 Å². The summed E-state index contributed by atoms with van der Waals surface area (Å²) in [5.41, 5.74) is 0.808. The molecule has 1 heterocycles. The first-order chi connectivity index (χ1) is 12.6. The van der Waals surface area contributed by atoms with E-state index in [0.29, 0.717) is 34.9 Å². The highest BCUT2D eigenvalue weighted by molar-refractivity contribution is 7.16. The molecule has 3 N–H and O–H groups in total. The van der Waals surface area contributed by atoms with Crippen LogP contribution < -0.4 is 20.1 Å². The third kappa shape index (κ3) is 5.79. The molecule has 0 bridgehead atoms. The smallest absolute Gasteiger partial charge is 0.195 e. The number of hydrogen-bond donors (Lipinski definition) is 3. The SMILES string of the molecule is CCNC(=NCC(O)c1ccc(Cl)s1)Nc1ccc(OC)c(OCC)c1. The molecule has 0 saturated carbocycles. The molecular formula is C18H24ClN3O3S. The van der Waals surface area contributed by atoms with Crippen LogP contribution in [0.25, 0.3) is 0 Å². The van der Waals surface area contributed by atoms with Crippen molar-refractivity contribution >= 4 is 34.6 Å². The van der Waals surface area contributed by atoms with E-state index in [-0.39, 0.29) is 6.54 Å². The van der Waals surface area contributed by atoms with E-state index in [4.69, 9.17) is 21.1 Å². The highest BCUT2D eigenvalue weighted by atomic mass is 35.5. The number of nitrogens with zero attached hydrogens (tertiary/aromatic N) is 1. The van der Waals surface area contributed by atoms with E-state index in [9.17, 15) is 5.11 Å². The summed E-state index contributed by atoms with van der Waals surface area (Å²) in [6.45, 7) is 5.36. The summed E-state index contributed by atoms with van der Waals surface area (Å²) in [7, 11) is 1.61. The molecule has 2 rings (SSSR count). The molecule has 1 aromatic carbocycles. The minimum Gasteiger partial charge on any atom is -0.493 e. The van der Waals surface area contributed by atoms with Crippen LogP contribution in [0.3, 0.4) is 0 Å². The number of anilines is 1. The number of halogens is 1. The Kier molecular flexibility index (Phi) is 8.03. The molecule has 142 valence electrons. The lowest BCUT2D eigenvalue weighted by atomic mass is 10.2. The summed E-state index contributed by atoms with van der Waals surface area (Å²) in [6.07, 6.45) is -0.696. The van der Waals surface area contributed by atoms with Crippen LogP contribution in [0.1, 0.15) is 24.8 Å². The van der Waals surface area contributed by atoms with Gasteiger partial charge in [-0.2, -0.15) is 0 Å². The van der Waals surface area contributed by atoms with Crippen LogP contribution in [0.15, 0.2) is 35.3 Å². The first-order valence-corrected chi connectivity index (χ1v) is 9.56. The fourth-order valence-corrected chi connectivity index (χ4v) is 3.28. The molecule has 2 aromatic rings. The molecule has 0 fully saturated rings. The number of hydrogen-bond acceptors (Lipinski definition) is 5. The van der Waals surface area contributed by atoms with Gasteiger partial charge in [0.2, 0.25) is 0 Å². The van der Waals surface area contributed by atoms with Crippen LogP contribution >= 0.6 is 22.9 Å². The van der Waals surface area contributed by atoms with E-state index < -0.39 is 6.10 Å². The Labute approximate surface area is 162 Å². The van der Waals surface area contributed by atoms with Gasteiger partial charge in [-0.15, -0.1) is 11.3 Å². The average Bonchev–Trinajstić information content (AvgIpc) is 3.07. The van der Waals surface area contributed by atoms with Crippen molar-refractivity contribution < 1.29 is 14.6 Å². The Morgan fingerprint density at radius 2 is 2.08 bits per heavy atom. The van der Waals surface area contributed by atoms with Crippen molar-refractivity contribution in [3.05, 3.63) is 39.5 Å². The van der Waals surface area contributed by atoms with Gasteiger partial charge in [-0.25, -0.2) is 4.99 Å². The van der Waals surface area contributed by atoms with Crippen LogP contribution in [-0.2, 0) is 0 Å². The number of nitrogens with one attached hydrogen (secondary N) is 2. The molecule has 0 radical (unpaired) electrons. The van der Waals surface area contributed by atoms with Gasteiger partial charge in [0.1, 0.15) is 6.10 Å². The standard InChI is InChI=1S/C18H24ClN3O3S/c1-4-20-18(21-11-13(23)16-8-9-17(19)26-16)22-12-6-7-14(24-3)15(10-12)25-5-2/h6-10,13,23H,4-5,11H2,1-3H3,(H2,20,21,22). The third-order valence-electron chi connectivity index (χ3n) is 3.42. The zero-order chi connectivity index (χ0) is 18.9. The second-order valence-electron chi connectivity index (χ2n) is 5.30. The fraction of sp³-hybridized carbons (Fsp3) is 0.389. The lowest BCUT2D eigenvalue weighted by Crippen LogP contribution is -2.31. The Hall–Kier alpha value is -1.96. The second kappa shape index (κ2) is 10.3. The van der Waals surface area contributed by atoms with Gasteiger partial charge >= 0.3 is 0 Å². The number of rotatable bonds is 8. The highest BCUT2D eigenvalue weighted by Gasteiger charge is 2.11. The minimum atomic E-state index is -0.696. The van der Waals surface area contributed by atoms with Crippen molar-refractivity contribution in [2.45, 2.75) is 20.0 Å². The van der Waals surface area contributed by atoms with Crippen molar-refractivity contribution in [3.8, 4) is 11.5 Å². The monoisotopic (exact) mass is 397 g/mol. The molecule has 0 aliphatic rings. The zero-order valence-electron chi connectivity index (χ0n) is 15.1. The number of aliphatic hydroxyl groups is 1. The third-order valence-corrected chi connectivity index (χ3v) is 4.75. The maximum Gasteiger partial charge on any atom is 0.195 e. The van der Waals surface area contributed by atoms with E-state index in [1.165, 1.54) is 11.3 Å². The predicted octanol–water partition coefficient (Wildman–Crippen LogP) is 3.92. The molecular weight excluding hydrogens is 374 g/mol. The quantitative estimate of drug-likeness (QED) is 0.465. The molecule has 1 atom stereocenters. The summed E-state index contributed by atoms with van der Waals surface area (Å²) >= 11 is 7.27. The van der Waals surface area contributed by atoms with E-state index in [1.807, 2.05) is 38.1 Å². The van der Waals surface area contributed by atoms with Gasteiger partial charge in [-0.3, -0.25) is 0 Å². The summed E-state index contributed by atoms with van der Waals surface area (Å²) in [5, 5.41) is 16.6. The lowest BCUT2D eigenvalue weighted by molar-refractivity contribution is 0.191. The summed E-state index contributed by atoms with van der Waals surface area (Å²) in [6, 6.07) is 9.14. The number of methoxy groups -OCH3 is 1. The molecule has 0 aliphatic carbocycles. The van der Waals surface area contributed by atoms with Crippen molar-refractivity contribution in [3.63, 3.8) is 0 Å². The molecule has 1 aromatic heterocycles. The largest absolute Gasteiger partial charge is 0.493 e. The Morgan fingerprint density at radius 3 is 2.69 bits per heavy atom. The first kappa shape index (κ1) is 20.4. The molecule has 6 nitrogen and oxygen atoms in total. The lowest BCUT2D eigenvalue weighted by Gasteiger charge is -2.15. The first-order valence-electron chi connectivity index (χ1n) is 8.36. The Balaban J connectivity index is 2.10. The van der Waals surface area contributed by atoms with Crippen molar-refractivity contribution in [1.82, 2.24) is 5.32 Å². The maximum atomic E-state index is 10.3. The van der Waals surface area contributed by atoms with Crippen LogP contribution in [0, 0.1) is 0 Å². The molecule has 0 amide bonds. The topological polar surface area (TPSA) is 75.1 Å². The fourth-order valence-electron chi connectivity index (χ4n) is 2.24. The van der Waals surface area contributed by atoms with Gasteiger partial charge in [0.15, 0.2) is 17.5 Å². The second-order valence-corrected chi connectivity index (χ2v) is 7.05. The van der Waals surface area contributed by atoms with Gasteiger partial charge < -0.3 is 25.2 Å². The van der Waals surface area contributed by atoms with Crippen LogP contribution in [0.4, 0.5) is 5.69 Å². The van der Waals surface area contributed by atoms with Gasteiger partial charge in [0.05, 0.1) is 24.6 Å². The summed E-state index contributed by atoms with van der Waals surface area (Å²) < 4.78 is 11.5. The number of thiophene rings is 1. The van der Waals surface area contributed by atoms with Crippen molar-refractivity contribution in [2.24, 2.45) is 4.99 Å². The number of benzene rings is 1. The van der Waals surface area contributed by atoms with Crippen molar-refractivity contribution in [1.29, 1.82) is 0 Å². The number of aliphatic imine (C=N–C) groups is 1. The van der Waals surface area contributed by atoms with E-state index in [0.717, 1.165) is 10.6 Å². The maximum absolute atomic E-state index is 10.3. The van der Waals surface area contributed by atoms with Gasteiger partial charge in [0, 0.05) is 23.2 Å². The van der Waals surface area contributed by atoms with E-state index in [1.54, 1.807) is 13.2 Å². The predicted molar refractivity (Wildman–Crippen MR) is 108 cm³/mol. The summed E-state index contributed by atoms with van der Waals surface area (Å²) in [5.74, 6) is 1.90. The van der Waals surface area contributed by atoms with Crippen LogP contribution in [0.2, 0.25) is 4.34 Å². The number of guanidine groups is 1. The Bertz CT molecular complexity index is 736. The van der Waals surface area contributed by atoms with Gasteiger partial charge in [-0.05, 0) is 38.1 Å². The van der Waals surface area contributed by atoms with E-state index in [2.05, 4.69) is 15.6 Å². The molecule has 1 unspecified atom stereocenters. The van der Waals surface area contributed by atoms with E-state index >= 15 is 0 Å². The highest BCUT2D eigenvalue weighted by Crippen LogP contribution is 2.30. The Morgan fingerprint density at radius 1 is 1.27 bits per heavy atom.